The van der Waals surface area contributed by atoms with Crippen LogP contribution in [0.25, 0.3) is 0 Å². The summed E-state index contributed by atoms with van der Waals surface area (Å²) in [6, 6.07) is 2.25. The summed E-state index contributed by atoms with van der Waals surface area (Å²) in [5.41, 5.74) is 1.49. The van der Waals surface area contributed by atoms with Gasteiger partial charge in [-0.3, -0.25) is 0 Å². The number of nitrogens with zero attached hydrogens (tertiary/aromatic N) is 3. The third-order valence-electron chi connectivity index (χ3n) is 4.80. The molecule has 0 bridgehead atoms. The van der Waals surface area contributed by atoms with Crippen LogP contribution in [-0.2, 0) is 12.0 Å². The van der Waals surface area contributed by atoms with Gasteiger partial charge in [0.15, 0.2) is 0 Å². The SMILES string of the molecule is CC(C)(CCC#N)CNCC1CCCn2cc(C(C)(C)C)nc21. The van der Waals surface area contributed by atoms with Gasteiger partial charge in [-0.2, -0.15) is 5.26 Å². The van der Waals surface area contributed by atoms with E-state index in [4.69, 9.17) is 10.2 Å². The number of fused-ring (bicyclic) bond motifs is 1. The molecule has 0 spiro atoms. The van der Waals surface area contributed by atoms with Gasteiger partial charge in [-0.1, -0.05) is 34.6 Å². The van der Waals surface area contributed by atoms with E-state index in [0.29, 0.717) is 12.3 Å². The van der Waals surface area contributed by atoms with Crippen molar-refractivity contribution in [3.05, 3.63) is 17.7 Å². The molecule has 4 nitrogen and oxygen atoms in total. The van der Waals surface area contributed by atoms with E-state index in [-0.39, 0.29) is 10.8 Å². The molecule has 1 N–H and O–H groups in total. The Morgan fingerprint density at radius 2 is 2.09 bits per heavy atom. The van der Waals surface area contributed by atoms with Crippen LogP contribution in [-0.4, -0.2) is 22.6 Å². The van der Waals surface area contributed by atoms with Crippen LogP contribution in [0.5, 0.6) is 0 Å². The lowest BCUT2D eigenvalue weighted by molar-refractivity contribution is 0.307. The highest BCUT2D eigenvalue weighted by Gasteiger charge is 2.27. The van der Waals surface area contributed by atoms with E-state index in [9.17, 15) is 0 Å². The first-order valence-electron chi connectivity index (χ1n) is 8.88. The van der Waals surface area contributed by atoms with E-state index in [1.807, 2.05) is 0 Å². The Morgan fingerprint density at radius 1 is 1.35 bits per heavy atom. The smallest absolute Gasteiger partial charge is 0.113 e. The first-order valence-corrected chi connectivity index (χ1v) is 8.88. The predicted molar refractivity (Wildman–Crippen MR) is 94.4 cm³/mol. The van der Waals surface area contributed by atoms with E-state index in [1.165, 1.54) is 24.4 Å². The molecule has 1 aromatic rings. The van der Waals surface area contributed by atoms with Gasteiger partial charge < -0.3 is 9.88 Å². The molecule has 0 saturated carbocycles. The van der Waals surface area contributed by atoms with Crippen LogP contribution in [0.2, 0.25) is 0 Å². The van der Waals surface area contributed by atoms with Crippen LogP contribution in [0.15, 0.2) is 6.20 Å². The van der Waals surface area contributed by atoms with E-state index >= 15 is 0 Å². The highest BCUT2D eigenvalue weighted by atomic mass is 15.1. The van der Waals surface area contributed by atoms with Gasteiger partial charge in [0.1, 0.15) is 5.82 Å². The monoisotopic (exact) mass is 316 g/mol. The van der Waals surface area contributed by atoms with Crippen molar-refractivity contribution in [2.24, 2.45) is 5.41 Å². The average Bonchev–Trinajstić information content (AvgIpc) is 2.90. The van der Waals surface area contributed by atoms with Crippen molar-refractivity contribution < 1.29 is 0 Å². The Balaban J connectivity index is 1.96. The molecule has 1 aromatic heterocycles. The zero-order valence-corrected chi connectivity index (χ0v) is 15.4. The number of hydrogen-bond donors (Lipinski definition) is 1. The third kappa shape index (κ3) is 4.81. The molecule has 2 heterocycles. The fourth-order valence-corrected chi connectivity index (χ4v) is 3.19. The molecule has 1 atom stereocenters. The Hall–Kier alpha value is -1.34. The van der Waals surface area contributed by atoms with Gasteiger partial charge >= 0.3 is 0 Å². The van der Waals surface area contributed by atoms with Crippen LogP contribution in [0.1, 0.15) is 77.7 Å². The van der Waals surface area contributed by atoms with Gasteiger partial charge in [0, 0.05) is 43.6 Å². The summed E-state index contributed by atoms with van der Waals surface area (Å²) in [4.78, 5) is 4.95. The van der Waals surface area contributed by atoms with Crippen LogP contribution in [0, 0.1) is 16.7 Å². The molecule has 2 rings (SSSR count). The number of nitriles is 1. The maximum atomic E-state index is 8.75. The average molecular weight is 316 g/mol. The molecule has 0 fully saturated rings. The first kappa shape index (κ1) is 18.0. The van der Waals surface area contributed by atoms with Crippen LogP contribution >= 0.6 is 0 Å². The highest BCUT2D eigenvalue weighted by molar-refractivity contribution is 5.17. The molecule has 1 aliphatic heterocycles. The van der Waals surface area contributed by atoms with Crippen molar-refractivity contribution in [3.63, 3.8) is 0 Å². The summed E-state index contributed by atoms with van der Waals surface area (Å²) in [6.07, 6.45) is 6.28. The summed E-state index contributed by atoms with van der Waals surface area (Å²) >= 11 is 0. The van der Waals surface area contributed by atoms with Gasteiger partial charge in [-0.15, -0.1) is 0 Å². The maximum absolute atomic E-state index is 8.75. The third-order valence-corrected chi connectivity index (χ3v) is 4.80. The Bertz CT molecular complexity index is 557. The number of hydrogen-bond acceptors (Lipinski definition) is 3. The van der Waals surface area contributed by atoms with Crippen molar-refractivity contribution in [3.8, 4) is 6.07 Å². The summed E-state index contributed by atoms with van der Waals surface area (Å²) < 4.78 is 2.36. The van der Waals surface area contributed by atoms with E-state index < -0.39 is 0 Å². The number of nitrogens with one attached hydrogen (secondary N) is 1. The number of aromatic nitrogens is 2. The number of rotatable bonds is 6. The molecule has 1 unspecified atom stereocenters. The van der Waals surface area contributed by atoms with Crippen molar-refractivity contribution in [2.75, 3.05) is 13.1 Å². The van der Waals surface area contributed by atoms with Crippen molar-refractivity contribution in [1.29, 1.82) is 5.26 Å². The highest BCUT2D eigenvalue weighted by Crippen LogP contribution is 2.30. The Kier molecular flexibility index (Phi) is 5.52. The molecule has 0 aromatic carbocycles. The molecular formula is C19H32N4. The minimum absolute atomic E-state index is 0.113. The normalized spacial score (nSPS) is 18.5. The summed E-state index contributed by atoms with van der Waals surface area (Å²) in [5, 5.41) is 12.4. The van der Waals surface area contributed by atoms with Gasteiger partial charge in [0.25, 0.3) is 0 Å². The van der Waals surface area contributed by atoms with Crippen LogP contribution < -0.4 is 5.32 Å². The van der Waals surface area contributed by atoms with Gasteiger partial charge in [0.2, 0.25) is 0 Å². The lowest BCUT2D eigenvalue weighted by atomic mass is 9.87. The second kappa shape index (κ2) is 7.05. The predicted octanol–water partition coefficient (Wildman–Crippen LogP) is 3.98. The standard InChI is InChI=1S/C19H32N4/c1-18(2,3)16-13-23-11-6-8-15(17(23)22-16)12-21-14-19(4,5)9-7-10-20/h13,15,21H,6-9,11-12,14H2,1-5H3. The van der Waals surface area contributed by atoms with E-state index in [1.54, 1.807) is 0 Å². The summed E-state index contributed by atoms with van der Waals surface area (Å²) in [5.74, 6) is 1.76. The van der Waals surface area contributed by atoms with E-state index in [2.05, 4.69) is 56.8 Å². The van der Waals surface area contributed by atoms with Crippen LogP contribution in [0.3, 0.4) is 0 Å². The van der Waals surface area contributed by atoms with Crippen molar-refractivity contribution >= 4 is 0 Å². The Morgan fingerprint density at radius 3 is 2.74 bits per heavy atom. The van der Waals surface area contributed by atoms with Gasteiger partial charge in [-0.25, -0.2) is 4.98 Å². The fraction of sp³-hybridized carbons (Fsp3) is 0.789. The molecule has 4 heteroatoms. The zero-order valence-electron chi connectivity index (χ0n) is 15.4. The van der Waals surface area contributed by atoms with Crippen molar-refractivity contribution in [2.45, 2.75) is 78.2 Å². The molecule has 0 radical (unpaired) electrons. The molecule has 0 saturated heterocycles. The van der Waals surface area contributed by atoms with Crippen LogP contribution in [0.4, 0.5) is 0 Å². The molecule has 1 aliphatic rings. The minimum atomic E-state index is 0.113. The zero-order chi connectivity index (χ0) is 17.1. The Labute approximate surface area is 141 Å². The summed E-state index contributed by atoms with van der Waals surface area (Å²) in [6.45, 7) is 14.2. The molecule has 23 heavy (non-hydrogen) atoms. The largest absolute Gasteiger partial charge is 0.334 e. The van der Waals surface area contributed by atoms with E-state index in [0.717, 1.165) is 26.1 Å². The lowest BCUT2D eigenvalue weighted by Gasteiger charge is -2.27. The maximum Gasteiger partial charge on any atom is 0.113 e. The minimum Gasteiger partial charge on any atom is -0.334 e. The molecular weight excluding hydrogens is 284 g/mol. The lowest BCUT2D eigenvalue weighted by Crippen LogP contribution is -2.34. The van der Waals surface area contributed by atoms with Gasteiger partial charge in [0.05, 0.1) is 11.8 Å². The number of aryl methyl sites for hydroxylation is 1. The molecule has 0 amide bonds. The molecule has 128 valence electrons. The number of imidazole rings is 1. The topological polar surface area (TPSA) is 53.6 Å². The molecule has 0 aliphatic carbocycles. The van der Waals surface area contributed by atoms with Gasteiger partial charge in [-0.05, 0) is 24.7 Å². The first-order chi connectivity index (χ1) is 10.7. The van der Waals surface area contributed by atoms with Crippen molar-refractivity contribution in [1.82, 2.24) is 14.9 Å². The second-order valence-electron chi connectivity index (χ2n) is 8.72. The quantitative estimate of drug-likeness (QED) is 0.863. The second-order valence-corrected chi connectivity index (χ2v) is 8.72. The fourth-order valence-electron chi connectivity index (χ4n) is 3.19. The summed E-state index contributed by atoms with van der Waals surface area (Å²) in [7, 11) is 0.